The molecule has 0 bridgehead atoms. The Morgan fingerprint density at radius 2 is 1.25 bits per heavy atom. The van der Waals surface area contributed by atoms with Gasteiger partial charge in [0.2, 0.25) is 11.8 Å². The number of nitrogens with one attached hydrogen (secondary N) is 5. The average Bonchev–Trinajstić information content (AvgIpc) is 4.13. The zero-order chi connectivity index (χ0) is 42.3. The molecule has 4 aromatic heterocycles. The predicted octanol–water partition coefficient (Wildman–Crippen LogP) is 7.16. The Bertz CT molecular complexity index is 2810. The van der Waals surface area contributed by atoms with Gasteiger partial charge in [0, 0.05) is 17.2 Å². The molecule has 2 saturated carbocycles. The van der Waals surface area contributed by atoms with Crippen LogP contribution in [0.15, 0.2) is 82.0 Å². The van der Waals surface area contributed by atoms with Crippen LogP contribution in [-0.4, -0.2) is 54.9 Å². The van der Waals surface area contributed by atoms with E-state index in [2.05, 4.69) is 35.2 Å². The van der Waals surface area contributed by atoms with E-state index < -0.39 is 64.4 Å². The van der Waals surface area contributed by atoms with Gasteiger partial charge in [-0.1, -0.05) is 12.1 Å². The van der Waals surface area contributed by atoms with E-state index in [0.29, 0.717) is 17.6 Å². The van der Waals surface area contributed by atoms with Crippen LogP contribution in [0.3, 0.4) is 0 Å². The summed E-state index contributed by atoms with van der Waals surface area (Å²) in [6.07, 6.45) is -3.35. The van der Waals surface area contributed by atoms with Gasteiger partial charge in [-0.25, -0.2) is 19.6 Å². The highest BCUT2D eigenvalue weighted by atomic mass is 19.4. The Hall–Kier alpha value is -7.12. The van der Waals surface area contributed by atoms with Crippen molar-refractivity contribution in [2.45, 2.75) is 38.0 Å². The molecular weight excluding hydrogens is 802 g/mol. The molecule has 5 N–H and O–H groups in total. The number of H-pyrrole nitrogens is 4. The van der Waals surface area contributed by atoms with Gasteiger partial charge in [-0.05, 0) is 98.2 Å². The maximum absolute atomic E-state index is 14.7. The van der Waals surface area contributed by atoms with E-state index in [4.69, 9.17) is 9.47 Å². The van der Waals surface area contributed by atoms with E-state index in [0.717, 1.165) is 60.9 Å². The van der Waals surface area contributed by atoms with Crippen LogP contribution in [0.1, 0.15) is 48.2 Å². The van der Waals surface area contributed by atoms with Crippen molar-refractivity contribution in [3.8, 4) is 11.8 Å². The number of anilines is 2. The van der Waals surface area contributed by atoms with Crippen LogP contribution in [0.5, 0.6) is 11.8 Å². The lowest BCUT2D eigenvalue weighted by molar-refractivity contribution is -0.142. The molecule has 20 heteroatoms. The molecular formula is C40H32F6N8O6. The molecule has 0 aliphatic heterocycles. The van der Waals surface area contributed by atoms with E-state index in [1.165, 1.54) is 30.3 Å². The number of carbonyl (C=O) groups excluding carboxylic acids is 2. The number of fused-ring (bicyclic) bond motifs is 2. The van der Waals surface area contributed by atoms with E-state index >= 15 is 0 Å². The van der Waals surface area contributed by atoms with Crippen molar-refractivity contribution in [3.05, 3.63) is 116 Å². The number of pyridine rings is 2. The molecule has 2 fully saturated rings. The normalized spacial score (nSPS) is 14.9. The Labute approximate surface area is 333 Å². The quantitative estimate of drug-likeness (QED) is 0.0598. The first-order valence-corrected chi connectivity index (χ1v) is 18.5. The monoisotopic (exact) mass is 834 g/mol. The third-order valence-electron chi connectivity index (χ3n) is 9.63. The Morgan fingerprint density at radius 1 is 0.717 bits per heavy atom. The van der Waals surface area contributed by atoms with E-state index in [-0.39, 0.29) is 64.1 Å². The maximum atomic E-state index is 14.7. The van der Waals surface area contributed by atoms with Gasteiger partial charge in [0.25, 0.3) is 11.8 Å². The molecule has 14 nitrogen and oxygen atoms in total. The van der Waals surface area contributed by atoms with Crippen LogP contribution in [-0.2, 0) is 21.9 Å². The predicted molar refractivity (Wildman–Crippen MR) is 206 cm³/mol. The Morgan fingerprint density at radius 3 is 1.83 bits per heavy atom. The number of para-hydroxylation sites is 2. The fourth-order valence-electron chi connectivity index (χ4n) is 6.21. The van der Waals surface area contributed by atoms with Crippen molar-refractivity contribution in [1.29, 1.82) is 0 Å². The van der Waals surface area contributed by atoms with Crippen LogP contribution >= 0.6 is 0 Å². The summed E-state index contributed by atoms with van der Waals surface area (Å²) in [4.78, 5) is 72.7. The summed E-state index contributed by atoms with van der Waals surface area (Å²) in [6, 6.07) is 12.3. The van der Waals surface area contributed by atoms with Crippen LogP contribution in [0, 0.1) is 11.8 Å². The lowest BCUT2D eigenvalue weighted by atomic mass is 10.1. The molecule has 6 aromatic rings. The molecule has 2 aromatic carbocycles. The smallest absolute Gasteiger partial charge is 0.433 e. The first-order chi connectivity index (χ1) is 28.6. The number of aromatic nitrogens is 6. The number of benzene rings is 2. The summed E-state index contributed by atoms with van der Waals surface area (Å²) >= 11 is 0. The number of hydrogen-bond acceptors (Lipinski definition) is 8. The van der Waals surface area contributed by atoms with Crippen LogP contribution in [0.25, 0.3) is 34.2 Å². The molecule has 60 heavy (non-hydrogen) atoms. The van der Waals surface area contributed by atoms with Crippen LogP contribution in [0.2, 0.25) is 0 Å². The van der Waals surface area contributed by atoms with Crippen molar-refractivity contribution in [1.82, 2.24) is 29.9 Å². The number of alkyl halides is 6. The Balaban J connectivity index is 1.29. The van der Waals surface area contributed by atoms with E-state index in [1.54, 1.807) is 6.07 Å². The van der Waals surface area contributed by atoms with Crippen LogP contribution in [0.4, 0.5) is 37.7 Å². The molecule has 0 atom stereocenters. The number of nitrogens with zero attached hydrogens (tertiary/aromatic N) is 3. The number of aromatic amines is 4. The Kier molecular flexibility index (Phi) is 10.3. The highest BCUT2D eigenvalue weighted by molar-refractivity contribution is 6.21. The molecule has 2 aliphatic carbocycles. The van der Waals surface area contributed by atoms with Gasteiger partial charge in [-0.2, -0.15) is 26.3 Å². The molecule has 0 spiro atoms. The highest BCUT2D eigenvalue weighted by Crippen LogP contribution is 2.37. The molecule has 4 heterocycles. The molecule has 310 valence electrons. The van der Waals surface area contributed by atoms with Gasteiger partial charge in [0.1, 0.15) is 17.1 Å². The third kappa shape index (κ3) is 8.81. The molecule has 0 saturated heterocycles. The number of hydrogen-bond donors (Lipinski definition) is 5. The molecule has 0 radical (unpaired) electrons. The topological polar surface area (TPSA) is 191 Å². The lowest BCUT2D eigenvalue weighted by Gasteiger charge is -2.25. The zero-order valence-electron chi connectivity index (χ0n) is 31.0. The number of halogens is 6. The van der Waals surface area contributed by atoms with Crippen LogP contribution < -0.4 is 31.1 Å². The van der Waals surface area contributed by atoms with Gasteiger partial charge in [0.05, 0.1) is 46.7 Å². The summed E-state index contributed by atoms with van der Waals surface area (Å²) < 4.78 is 94.2. The molecule has 0 unspecified atom stereocenters. The standard InChI is InChI=1S/C40H32F6N8O6/c41-39(42,43)29-14-11-22(35(50-29)59-18-20-7-8-20)13-16-31(55)54(27-6-2-5-26-33(27)53-38(58)49-26)28(34(56)47-24-3-1-4-25-32(24)52-37(57)48-25)17-23-12-15-30(40(44,45)46)51-36(23)60-19-21-9-10-21/h1-6,11-17,20-21H,7-10,18-19H2,(H,47,56)(H2,48,52,57)(H2,49,53,58)/b16-13+,28-17+. The largest absolute Gasteiger partial charge is 0.477 e. The summed E-state index contributed by atoms with van der Waals surface area (Å²) in [5.74, 6) is -2.78. The minimum absolute atomic E-state index is 0.0150. The van der Waals surface area contributed by atoms with E-state index in [9.17, 15) is 45.5 Å². The van der Waals surface area contributed by atoms with Gasteiger partial charge < -0.3 is 34.7 Å². The molecule has 2 aliphatic rings. The third-order valence-corrected chi connectivity index (χ3v) is 9.63. The maximum Gasteiger partial charge on any atom is 0.433 e. The number of rotatable bonds is 13. The lowest BCUT2D eigenvalue weighted by Crippen LogP contribution is -2.35. The van der Waals surface area contributed by atoms with Gasteiger partial charge in [0.15, 0.2) is 0 Å². The SMILES string of the molecule is O=C(Nc1cccc2[nH]c(=O)[nH]c12)/C(=C\c1ccc(C(F)(F)F)nc1OCC1CC1)N(C(=O)/C=C/c1ccc(C(F)(F)F)nc1OCC1CC1)c1cccc2[nH]c(=O)[nH]c12. The van der Waals surface area contributed by atoms with Crippen molar-refractivity contribution < 1.29 is 45.4 Å². The fraction of sp³-hybridized carbons (Fsp3) is 0.250. The summed E-state index contributed by atoms with van der Waals surface area (Å²) in [5, 5.41) is 2.66. The average molecular weight is 835 g/mol. The summed E-state index contributed by atoms with van der Waals surface area (Å²) in [5.41, 5.74) is -3.87. The number of imidazole rings is 2. The number of amides is 2. The second-order valence-corrected chi connectivity index (χ2v) is 14.3. The molecule has 8 rings (SSSR count). The zero-order valence-corrected chi connectivity index (χ0v) is 31.0. The first-order valence-electron chi connectivity index (χ1n) is 18.5. The van der Waals surface area contributed by atoms with E-state index in [1.807, 2.05) is 0 Å². The number of carbonyl (C=O) groups is 2. The highest BCUT2D eigenvalue weighted by Gasteiger charge is 2.36. The number of ether oxygens (including phenoxy) is 2. The van der Waals surface area contributed by atoms with Crippen molar-refractivity contribution >= 4 is 57.4 Å². The summed E-state index contributed by atoms with van der Waals surface area (Å²) in [7, 11) is 0. The minimum atomic E-state index is -4.87. The second-order valence-electron chi connectivity index (χ2n) is 14.3. The van der Waals surface area contributed by atoms with Crippen molar-refractivity contribution in [2.75, 3.05) is 23.4 Å². The summed E-state index contributed by atoms with van der Waals surface area (Å²) in [6.45, 7) is 0.0950. The van der Waals surface area contributed by atoms with Gasteiger partial charge in [-0.3, -0.25) is 14.5 Å². The molecule has 2 amide bonds. The fourth-order valence-corrected chi connectivity index (χ4v) is 6.21. The van der Waals surface area contributed by atoms with Gasteiger partial charge >= 0.3 is 23.7 Å². The van der Waals surface area contributed by atoms with Crippen molar-refractivity contribution in [3.63, 3.8) is 0 Å². The van der Waals surface area contributed by atoms with Gasteiger partial charge in [-0.15, -0.1) is 0 Å². The first kappa shape index (κ1) is 39.7. The minimum Gasteiger partial charge on any atom is -0.477 e. The van der Waals surface area contributed by atoms with Crippen molar-refractivity contribution in [2.24, 2.45) is 11.8 Å². The second kappa shape index (κ2) is 15.6.